The molecule has 0 aliphatic carbocycles. The third-order valence-corrected chi connectivity index (χ3v) is 3.99. The largest absolute Gasteiger partial charge is 2.00 e. The van der Waals surface area contributed by atoms with E-state index in [4.69, 9.17) is 0 Å². The van der Waals surface area contributed by atoms with Crippen LogP contribution in [0.15, 0.2) is 20.4 Å². The van der Waals surface area contributed by atoms with Crippen LogP contribution >= 0.6 is 0 Å². The van der Waals surface area contributed by atoms with Gasteiger partial charge in [-0.15, -0.1) is 0 Å². The van der Waals surface area contributed by atoms with Crippen LogP contribution in [0.1, 0.15) is 68.2 Å². The van der Waals surface area contributed by atoms with E-state index in [1.165, 1.54) is 0 Å². The van der Waals surface area contributed by atoms with Gasteiger partial charge < -0.3 is 10.6 Å². The van der Waals surface area contributed by atoms with E-state index in [-0.39, 0.29) is 27.6 Å². The van der Waals surface area contributed by atoms with E-state index in [1.54, 1.807) is 0 Å². The normalized spacial score (nSPS) is 22.7. The van der Waals surface area contributed by atoms with Crippen LogP contribution in [0.3, 0.4) is 0 Å². The standard InChI is InChI=1S/C18H34N6.Ni/c1-13-11-17(5,6)19-9-10-20-18(7,8)12-14(2)22-24-16(4)15(3)23-21-13;/h19-20H,9-12H2,1-8H3;/q;+2. The quantitative estimate of drug-likeness (QED) is 0.621. The molecule has 0 atom stereocenters. The molecule has 0 saturated heterocycles. The number of nitrogens with one attached hydrogen (secondary N) is 2. The van der Waals surface area contributed by atoms with Gasteiger partial charge in [-0.2, -0.15) is 20.4 Å². The zero-order valence-electron chi connectivity index (χ0n) is 16.9. The van der Waals surface area contributed by atoms with Crippen molar-refractivity contribution in [1.82, 2.24) is 10.6 Å². The molecule has 0 aromatic heterocycles. The van der Waals surface area contributed by atoms with Gasteiger partial charge in [-0.1, -0.05) is 0 Å². The van der Waals surface area contributed by atoms with Crippen molar-refractivity contribution in [3.63, 3.8) is 0 Å². The van der Waals surface area contributed by atoms with Gasteiger partial charge >= 0.3 is 16.5 Å². The van der Waals surface area contributed by atoms with E-state index in [0.717, 1.165) is 48.8 Å². The molecule has 0 bridgehead atoms. The van der Waals surface area contributed by atoms with E-state index >= 15 is 0 Å². The first kappa shape index (κ1) is 24.1. The van der Waals surface area contributed by atoms with Gasteiger partial charge in [0, 0.05) is 48.4 Å². The van der Waals surface area contributed by atoms with E-state index in [0.29, 0.717) is 0 Å². The van der Waals surface area contributed by atoms with Gasteiger partial charge in [0.2, 0.25) is 0 Å². The summed E-state index contributed by atoms with van der Waals surface area (Å²) in [5.74, 6) is 0. The average Bonchev–Trinajstić information content (AvgIpc) is 2.45. The first-order valence-electron chi connectivity index (χ1n) is 8.67. The van der Waals surface area contributed by atoms with Crippen LogP contribution < -0.4 is 10.6 Å². The molecule has 0 aromatic carbocycles. The summed E-state index contributed by atoms with van der Waals surface area (Å²) >= 11 is 0. The Morgan fingerprint density at radius 3 is 1.28 bits per heavy atom. The molecule has 0 aromatic rings. The zero-order valence-corrected chi connectivity index (χ0v) is 17.9. The van der Waals surface area contributed by atoms with Gasteiger partial charge in [-0.3, -0.25) is 0 Å². The minimum absolute atomic E-state index is 0. The van der Waals surface area contributed by atoms with Gasteiger partial charge in [-0.05, 0) is 55.4 Å². The maximum atomic E-state index is 4.34. The molecule has 144 valence electrons. The summed E-state index contributed by atoms with van der Waals surface area (Å²) in [4.78, 5) is 0. The first-order valence-corrected chi connectivity index (χ1v) is 8.67. The molecular formula is C18H34N6Ni+2. The van der Waals surface area contributed by atoms with Crippen LogP contribution in [0.2, 0.25) is 0 Å². The van der Waals surface area contributed by atoms with Crippen molar-refractivity contribution in [2.24, 2.45) is 20.4 Å². The number of rotatable bonds is 0. The summed E-state index contributed by atoms with van der Waals surface area (Å²) in [7, 11) is 0. The van der Waals surface area contributed by atoms with Crippen LogP contribution in [0.25, 0.3) is 0 Å². The van der Waals surface area contributed by atoms with E-state index < -0.39 is 0 Å². The van der Waals surface area contributed by atoms with Crippen molar-refractivity contribution < 1.29 is 16.5 Å². The Morgan fingerprint density at radius 2 is 0.960 bits per heavy atom. The molecule has 0 radical (unpaired) electrons. The molecule has 0 saturated carbocycles. The average molecular weight is 393 g/mol. The Hall–Kier alpha value is -0.906. The summed E-state index contributed by atoms with van der Waals surface area (Å²) in [6.07, 6.45) is 1.70. The Bertz CT molecular complexity index is 508. The Balaban J connectivity index is 0.00000576. The zero-order chi connectivity index (χ0) is 18.4. The predicted octanol–water partition coefficient (Wildman–Crippen LogP) is 3.19. The number of nitrogens with zero attached hydrogens (tertiary/aromatic N) is 4. The monoisotopic (exact) mass is 392 g/mol. The molecule has 0 unspecified atom stereocenters. The van der Waals surface area contributed by atoms with Gasteiger partial charge in [0.05, 0.1) is 11.4 Å². The summed E-state index contributed by atoms with van der Waals surface area (Å²) in [6.45, 7) is 18.4. The Labute approximate surface area is 163 Å². The molecule has 1 heterocycles. The molecule has 0 amide bonds. The van der Waals surface area contributed by atoms with E-state index in [1.807, 2.05) is 27.7 Å². The maximum Gasteiger partial charge on any atom is 2.00 e. The Kier molecular flexibility index (Phi) is 9.92. The van der Waals surface area contributed by atoms with Crippen molar-refractivity contribution in [3.05, 3.63) is 0 Å². The molecule has 0 fully saturated rings. The maximum absolute atomic E-state index is 4.34. The van der Waals surface area contributed by atoms with Crippen LogP contribution in [-0.4, -0.2) is 47.0 Å². The smallest absolute Gasteiger partial charge is 0.310 e. The molecule has 0 spiro atoms. The molecular weight excluding hydrogens is 359 g/mol. The fourth-order valence-corrected chi connectivity index (χ4v) is 2.74. The molecule has 1 aliphatic heterocycles. The molecule has 25 heavy (non-hydrogen) atoms. The second-order valence-electron chi connectivity index (χ2n) is 8.02. The van der Waals surface area contributed by atoms with Crippen molar-refractivity contribution in [2.75, 3.05) is 13.1 Å². The number of hydrogen-bond donors (Lipinski definition) is 2. The molecule has 6 nitrogen and oxygen atoms in total. The summed E-state index contributed by atoms with van der Waals surface area (Å²) in [6, 6.07) is 0. The van der Waals surface area contributed by atoms with Gasteiger partial charge in [0.25, 0.3) is 0 Å². The van der Waals surface area contributed by atoms with Crippen LogP contribution in [0.5, 0.6) is 0 Å². The van der Waals surface area contributed by atoms with Crippen molar-refractivity contribution in [2.45, 2.75) is 79.3 Å². The van der Waals surface area contributed by atoms with Gasteiger partial charge in [0.1, 0.15) is 0 Å². The summed E-state index contributed by atoms with van der Waals surface area (Å²) in [5.41, 5.74) is 3.56. The summed E-state index contributed by atoms with van der Waals surface area (Å²) < 4.78 is 0. The molecule has 7 heteroatoms. The third-order valence-electron chi connectivity index (χ3n) is 3.99. The van der Waals surface area contributed by atoms with Crippen LogP contribution in [-0.2, 0) is 16.5 Å². The van der Waals surface area contributed by atoms with E-state index in [2.05, 4.69) is 58.7 Å². The minimum Gasteiger partial charge on any atom is -0.310 e. The molecule has 1 rings (SSSR count). The number of hydrogen-bond acceptors (Lipinski definition) is 6. The van der Waals surface area contributed by atoms with Gasteiger partial charge in [0.15, 0.2) is 0 Å². The predicted molar refractivity (Wildman–Crippen MR) is 106 cm³/mol. The topological polar surface area (TPSA) is 73.5 Å². The minimum atomic E-state index is -0.0135. The van der Waals surface area contributed by atoms with Crippen molar-refractivity contribution in [3.8, 4) is 0 Å². The van der Waals surface area contributed by atoms with Crippen molar-refractivity contribution >= 4 is 22.8 Å². The third kappa shape index (κ3) is 9.98. The molecule has 1 aliphatic rings. The van der Waals surface area contributed by atoms with Crippen LogP contribution in [0.4, 0.5) is 0 Å². The van der Waals surface area contributed by atoms with Crippen molar-refractivity contribution in [1.29, 1.82) is 0 Å². The fraction of sp³-hybridized carbons (Fsp3) is 0.778. The second kappa shape index (κ2) is 10.3. The Morgan fingerprint density at radius 1 is 0.640 bits per heavy atom. The fourth-order valence-electron chi connectivity index (χ4n) is 2.74. The van der Waals surface area contributed by atoms with Crippen LogP contribution in [0, 0.1) is 0 Å². The van der Waals surface area contributed by atoms with E-state index in [9.17, 15) is 0 Å². The molecule has 2 N–H and O–H groups in total. The van der Waals surface area contributed by atoms with Gasteiger partial charge in [-0.25, -0.2) is 0 Å². The SMILES string of the molecule is CC1=NN=C(C)C(C)=NN=C(C)CC(C)(C)NCCNC(C)(C)C1.[Ni+2]. The summed E-state index contributed by atoms with van der Waals surface area (Å²) in [5, 5.41) is 24.5. The first-order chi connectivity index (χ1) is 11.0. The second-order valence-corrected chi connectivity index (χ2v) is 8.02.